The van der Waals surface area contributed by atoms with Gasteiger partial charge in [-0.05, 0) is 24.5 Å². The van der Waals surface area contributed by atoms with Crippen molar-refractivity contribution >= 4 is 5.78 Å². The molecule has 0 bridgehead atoms. The van der Waals surface area contributed by atoms with Crippen LogP contribution in [-0.4, -0.2) is 5.78 Å². The van der Waals surface area contributed by atoms with Gasteiger partial charge < -0.3 is 0 Å². The Morgan fingerprint density at radius 2 is 2.00 bits per heavy atom. The van der Waals surface area contributed by atoms with E-state index in [-0.39, 0.29) is 11.7 Å². The van der Waals surface area contributed by atoms with Crippen molar-refractivity contribution in [3.63, 3.8) is 0 Å². The maximum Gasteiger partial charge on any atom is 0.162 e. The number of hydrogen-bond donors (Lipinski definition) is 0. The smallest absolute Gasteiger partial charge is 0.162 e. The SMILES string of the molecule is CC(C)C(=O)CCCc1cccc(F)c1F. The first kappa shape index (κ1) is 12.8. The highest BCUT2D eigenvalue weighted by Gasteiger charge is 2.10. The summed E-state index contributed by atoms with van der Waals surface area (Å²) < 4.78 is 26.1. The highest BCUT2D eigenvalue weighted by molar-refractivity contribution is 5.80. The van der Waals surface area contributed by atoms with Crippen LogP contribution < -0.4 is 0 Å². The van der Waals surface area contributed by atoms with Crippen molar-refractivity contribution in [3.8, 4) is 0 Å². The molecule has 0 saturated carbocycles. The van der Waals surface area contributed by atoms with Crippen LogP contribution in [0, 0.1) is 17.6 Å². The van der Waals surface area contributed by atoms with E-state index in [1.165, 1.54) is 6.07 Å². The van der Waals surface area contributed by atoms with Crippen molar-refractivity contribution in [2.24, 2.45) is 5.92 Å². The average Bonchev–Trinajstić information content (AvgIpc) is 2.24. The summed E-state index contributed by atoms with van der Waals surface area (Å²) in [6.45, 7) is 3.68. The van der Waals surface area contributed by atoms with Gasteiger partial charge in [-0.25, -0.2) is 8.78 Å². The highest BCUT2D eigenvalue weighted by Crippen LogP contribution is 2.14. The van der Waals surface area contributed by atoms with E-state index in [0.29, 0.717) is 24.8 Å². The van der Waals surface area contributed by atoms with Gasteiger partial charge in [0.25, 0.3) is 0 Å². The predicted octanol–water partition coefficient (Wildman–Crippen LogP) is 3.51. The van der Waals surface area contributed by atoms with E-state index in [4.69, 9.17) is 0 Å². The molecule has 16 heavy (non-hydrogen) atoms. The van der Waals surface area contributed by atoms with Crippen molar-refractivity contribution in [1.82, 2.24) is 0 Å². The Hall–Kier alpha value is -1.25. The summed E-state index contributed by atoms with van der Waals surface area (Å²) in [5.41, 5.74) is 0.344. The second-order valence-corrected chi connectivity index (χ2v) is 4.19. The molecule has 0 spiro atoms. The molecule has 1 aromatic carbocycles. The minimum Gasteiger partial charge on any atom is -0.299 e. The van der Waals surface area contributed by atoms with Crippen molar-refractivity contribution in [2.45, 2.75) is 33.1 Å². The van der Waals surface area contributed by atoms with Crippen LogP contribution in [0.15, 0.2) is 18.2 Å². The first-order valence-corrected chi connectivity index (χ1v) is 5.48. The van der Waals surface area contributed by atoms with Crippen LogP contribution >= 0.6 is 0 Å². The first-order valence-electron chi connectivity index (χ1n) is 5.48. The van der Waals surface area contributed by atoms with Gasteiger partial charge in [-0.3, -0.25) is 4.79 Å². The van der Waals surface area contributed by atoms with Gasteiger partial charge in [-0.15, -0.1) is 0 Å². The standard InChI is InChI=1S/C13H16F2O/c1-9(2)12(16)8-4-6-10-5-3-7-11(14)13(10)15/h3,5,7,9H,4,6,8H2,1-2H3. The summed E-state index contributed by atoms with van der Waals surface area (Å²) in [7, 11) is 0. The van der Waals surface area contributed by atoms with Gasteiger partial charge in [0.15, 0.2) is 11.6 Å². The molecule has 0 saturated heterocycles. The molecule has 0 fully saturated rings. The van der Waals surface area contributed by atoms with E-state index >= 15 is 0 Å². The van der Waals surface area contributed by atoms with Gasteiger partial charge in [0, 0.05) is 12.3 Å². The van der Waals surface area contributed by atoms with Crippen molar-refractivity contribution in [3.05, 3.63) is 35.4 Å². The molecule has 0 aliphatic heterocycles. The molecule has 0 aromatic heterocycles. The van der Waals surface area contributed by atoms with E-state index in [1.807, 2.05) is 13.8 Å². The molecule has 0 heterocycles. The topological polar surface area (TPSA) is 17.1 Å². The minimum absolute atomic E-state index is 0.0114. The Morgan fingerprint density at radius 1 is 1.31 bits per heavy atom. The van der Waals surface area contributed by atoms with Gasteiger partial charge in [0.05, 0.1) is 0 Å². The fraction of sp³-hybridized carbons (Fsp3) is 0.462. The van der Waals surface area contributed by atoms with E-state index < -0.39 is 11.6 Å². The second kappa shape index (κ2) is 5.73. The predicted molar refractivity (Wildman–Crippen MR) is 59.1 cm³/mol. The van der Waals surface area contributed by atoms with E-state index in [1.54, 1.807) is 6.07 Å². The van der Waals surface area contributed by atoms with Gasteiger partial charge >= 0.3 is 0 Å². The lowest BCUT2D eigenvalue weighted by Crippen LogP contribution is -2.07. The average molecular weight is 226 g/mol. The van der Waals surface area contributed by atoms with Crippen LogP contribution in [0.3, 0.4) is 0 Å². The van der Waals surface area contributed by atoms with Crippen molar-refractivity contribution in [1.29, 1.82) is 0 Å². The number of Topliss-reactive ketones (excluding diaryl/α,β-unsaturated/α-hetero) is 1. The normalized spacial score (nSPS) is 10.8. The molecule has 0 aliphatic rings. The van der Waals surface area contributed by atoms with Crippen LogP contribution in [0.5, 0.6) is 0 Å². The lowest BCUT2D eigenvalue weighted by atomic mass is 10.0. The monoisotopic (exact) mass is 226 g/mol. The van der Waals surface area contributed by atoms with Crippen LogP contribution in [0.1, 0.15) is 32.3 Å². The number of hydrogen-bond acceptors (Lipinski definition) is 1. The zero-order chi connectivity index (χ0) is 12.1. The number of ketones is 1. The Balaban J connectivity index is 2.49. The number of halogens is 2. The molecule has 1 aromatic rings. The van der Waals surface area contributed by atoms with Crippen molar-refractivity contribution < 1.29 is 13.6 Å². The van der Waals surface area contributed by atoms with Crippen LogP contribution in [0.2, 0.25) is 0 Å². The van der Waals surface area contributed by atoms with E-state index in [2.05, 4.69) is 0 Å². The third kappa shape index (κ3) is 3.40. The summed E-state index contributed by atoms with van der Waals surface area (Å²) in [5.74, 6) is -1.44. The Labute approximate surface area is 94.5 Å². The quantitative estimate of drug-likeness (QED) is 0.750. The Kier molecular flexibility index (Phi) is 4.59. The molecule has 0 aliphatic carbocycles. The minimum atomic E-state index is -0.826. The molecule has 1 nitrogen and oxygen atoms in total. The third-order valence-electron chi connectivity index (χ3n) is 2.54. The molecular weight excluding hydrogens is 210 g/mol. The molecule has 0 unspecified atom stereocenters. The summed E-state index contributed by atoms with van der Waals surface area (Å²) in [5, 5.41) is 0. The van der Waals surface area contributed by atoms with Gasteiger partial charge in [0.2, 0.25) is 0 Å². The molecule has 1 rings (SSSR count). The van der Waals surface area contributed by atoms with E-state index in [0.717, 1.165) is 6.07 Å². The maximum atomic E-state index is 13.2. The molecule has 0 radical (unpaired) electrons. The van der Waals surface area contributed by atoms with Crippen LogP contribution in [-0.2, 0) is 11.2 Å². The lowest BCUT2D eigenvalue weighted by Gasteiger charge is -2.05. The number of benzene rings is 1. The van der Waals surface area contributed by atoms with Gasteiger partial charge in [-0.1, -0.05) is 26.0 Å². The third-order valence-corrected chi connectivity index (χ3v) is 2.54. The summed E-state index contributed by atoms with van der Waals surface area (Å²) in [6, 6.07) is 4.13. The van der Waals surface area contributed by atoms with E-state index in [9.17, 15) is 13.6 Å². The largest absolute Gasteiger partial charge is 0.299 e. The van der Waals surface area contributed by atoms with Gasteiger partial charge in [0.1, 0.15) is 5.78 Å². The molecule has 0 amide bonds. The molecule has 88 valence electrons. The first-order chi connectivity index (χ1) is 7.52. The summed E-state index contributed by atoms with van der Waals surface area (Å²) >= 11 is 0. The lowest BCUT2D eigenvalue weighted by molar-refractivity contribution is -0.121. The van der Waals surface area contributed by atoms with Crippen LogP contribution in [0.4, 0.5) is 8.78 Å². The number of carbonyl (C=O) groups excluding carboxylic acids is 1. The van der Waals surface area contributed by atoms with Gasteiger partial charge in [-0.2, -0.15) is 0 Å². The molecular formula is C13H16F2O. The Bertz CT molecular complexity index is 372. The number of rotatable bonds is 5. The second-order valence-electron chi connectivity index (χ2n) is 4.19. The molecule has 0 N–H and O–H groups in total. The highest BCUT2D eigenvalue weighted by atomic mass is 19.2. The molecule has 0 atom stereocenters. The van der Waals surface area contributed by atoms with Crippen molar-refractivity contribution in [2.75, 3.05) is 0 Å². The zero-order valence-electron chi connectivity index (χ0n) is 9.59. The zero-order valence-corrected chi connectivity index (χ0v) is 9.59. The molecule has 3 heteroatoms. The number of carbonyl (C=O) groups is 1. The summed E-state index contributed by atoms with van der Waals surface area (Å²) in [6.07, 6.45) is 1.40. The fourth-order valence-electron chi connectivity index (χ4n) is 1.48. The van der Waals surface area contributed by atoms with Crippen LogP contribution in [0.25, 0.3) is 0 Å². The number of aryl methyl sites for hydroxylation is 1. The summed E-state index contributed by atoms with van der Waals surface area (Å²) in [4.78, 5) is 11.3. The maximum absolute atomic E-state index is 13.2. The Morgan fingerprint density at radius 3 is 2.62 bits per heavy atom. The fourth-order valence-corrected chi connectivity index (χ4v) is 1.48.